The van der Waals surface area contributed by atoms with Gasteiger partial charge in [0.05, 0.1) is 6.61 Å². The van der Waals surface area contributed by atoms with E-state index in [2.05, 4.69) is 5.32 Å². The summed E-state index contributed by atoms with van der Waals surface area (Å²) >= 11 is 0. The minimum atomic E-state index is -0.214. The van der Waals surface area contributed by atoms with Crippen LogP contribution in [0.2, 0.25) is 0 Å². The Kier molecular flexibility index (Phi) is 5.58. The van der Waals surface area contributed by atoms with Gasteiger partial charge in [-0.1, -0.05) is 12.1 Å². The number of aryl methyl sites for hydroxylation is 1. The number of hydrogen-bond acceptors (Lipinski definition) is 3. The summed E-state index contributed by atoms with van der Waals surface area (Å²) in [4.78, 5) is 0. The lowest BCUT2D eigenvalue weighted by Gasteiger charge is -2.11. The maximum Gasteiger partial charge on any atom is 0.123 e. The van der Waals surface area contributed by atoms with Gasteiger partial charge in [-0.15, -0.1) is 0 Å². The zero-order valence-corrected chi connectivity index (χ0v) is 12.4. The van der Waals surface area contributed by atoms with E-state index in [0.717, 1.165) is 22.6 Å². The van der Waals surface area contributed by atoms with Crippen molar-refractivity contribution in [1.29, 1.82) is 0 Å². The normalized spacial score (nSPS) is 10.4. The van der Waals surface area contributed by atoms with Crippen LogP contribution < -0.4 is 10.1 Å². The van der Waals surface area contributed by atoms with Crippen LogP contribution in [0.3, 0.4) is 0 Å². The Morgan fingerprint density at radius 3 is 2.76 bits per heavy atom. The van der Waals surface area contributed by atoms with Gasteiger partial charge < -0.3 is 14.8 Å². The molecule has 0 atom stereocenters. The van der Waals surface area contributed by atoms with E-state index in [9.17, 15) is 4.39 Å². The highest BCUT2D eigenvalue weighted by molar-refractivity contribution is 5.49. The molecule has 0 unspecified atom stereocenters. The molecule has 0 fully saturated rings. The van der Waals surface area contributed by atoms with E-state index in [4.69, 9.17) is 9.47 Å². The van der Waals surface area contributed by atoms with Gasteiger partial charge in [-0.25, -0.2) is 4.39 Å². The van der Waals surface area contributed by atoms with Crippen molar-refractivity contribution in [3.05, 3.63) is 59.4 Å². The van der Waals surface area contributed by atoms with Gasteiger partial charge >= 0.3 is 0 Å². The molecule has 2 rings (SSSR count). The highest BCUT2D eigenvalue weighted by Crippen LogP contribution is 2.19. The minimum Gasteiger partial charge on any atom is -0.491 e. The Hall–Kier alpha value is -2.07. The maximum atomic E-state index is 13.3. The van der Waals surface area contributed by atoms with Gasteiger partial charge in [0.15, 0.2) is 0 Å². The minimum absolute atomic E-state index is 0.214. The molecule has 0 bridgehead atoms. The lowest BCUT2D eigenvalue weighted by molar-refractivity contribution is 0.146. The number of hydrogen-bond donors (Lipinski definition) is 1. The Bertz CT molecular complexity index is 587. The fourth-order valence-electron chi connectivity index (χ4n) is 1.97. The first kappa shape index (κ1) is 15.3. The van der Waals surface area contributed by atoms with E-state index in [1.54, 1.807) is 19.2 Å². The number of benzene rings is 2. The molecule has 0 amide bonds. The Morgan fingerprint density at radius 2 is 1.95 bits per heavy atom. The molecule has 0 spiro atoms. The predicted molar refractivity (Wildman–Crippen MR) is 82.3 cm³/mol. The van der Waals surface area contributed by atoms with E-state index in [0.29, 0.717) is 19.8 Å². The van der Waals surface area contributed by atoms with Crippen LogP contribution in [0.5, 0.6) is 5.75 Å². The Balaban J connectivity index is 1.96. The van der Waals surface area contributed by atoms with Gasteiger partial charge in [-0.3, -0.25) is 0 Å². The average Bonchev–Trinajstić information content (AvgIpc) is 2.49. The summed E-state index contributed by atoms with van der Waals surface area (Å²) in [5.74, 6) is 0.571. The molecule has 1 N–H and O–H groups in total. The highest BCUT2D eigenvalue weighted by Gasteiger charge is 2.02. The molecule has 0 aromatic heterocycles. The summed E-state index contributed by atoms with van der Waals surface area (Å²) in [6.45, 7) is 3.62. The van der Waals surface area contributed by atoms with Crippen LogP contribution in [-0.2, 0) is 11.3 Å². The van der Waals surface area contributed by atoms with Gasteiger partial charge in [-0.2, -0.15) is 0 Å². The van der Waals surface area contributed by atoms with E-state index in [1.165, 1.54) is 6.07 Å². The van der Waals surface area contributed by atoms with E-state index in [1.807, 2.05) is 31.2 Å². The summed E-state index contributed by atoms with van der Waals surface area (Å²) in [6, 6.07) is 12.5. The van der Waals surface area contributed by atoms with Crippen molar-refractivity contribution in [3.63, 3.8) is 0 Å². The SMILES string of the molecule is COCCOc1cccc(NCc2cc(F)ccc2C)c1. The van der Waals surface area contributed by atoms with E-state index < -0.39 is 0 Å². The summed E-state index contributed by atoms with van der Waals surface area (Å²) in [6.07, 6.45) is 0. The molecule has 0 saturated heterocycles. The molecular formula is C17H20FNO2. The first-order valence-corrected chi connectivity index (χ1v) is 6.90. The van der Waals surface area contributed by atoms with Gasteiger partial charge in [0.1, 0.15) is 18.2 Å². The molecule has 2 aromatic rings. The molecule has 3 nitrogen and oxygen atoms in total. The van der Waals surface area contributed by atoms with Crippen molar-refractivity contribution >= 4 is 5.69 Å². The summed E-state index contributed by atoms with van der Waals surface area (Å²) in [7, 11) is 1.64. The quantitative estimate of drug-likeness (QED) is 0.787. The van der Waals surface area contributed by atoms with Crippen LogP contribution in [0.1, 0.15) is 11.1 Å². The zero-order valence-electron chi connectivity index (χ0n) is 12.4. The largest absolute Gasteiger partial charge is 0.491 e. The lowest BCUT2D eigenvalue weighted by Crippen LogP contribution is -2.05. The van der Waals surface area contributed by atoms with Crippen LogP contribution in [-0.4, -0.2) is 20.3 Å². The topological polar surface area (TPSA) is 30.5 Å². The molecule has 0 saturated carbocycles. The van der Waals surface area contributed by atoms with Crippen LogP contribution in [0.15, 0.2) is 42.5 Å². The van der Waals surface area contributed by atoms with Crippen molar-refractivity contribution in [2.75, 3.05) is 25.6 Å². The second kappa shape index (κ2) is 7.64. The number of rotatable bonds is 7. The summed E-state index contributed by atoms with van der Waals surface area (Å²) in [5.41, 5.74) is 2.95. The predicted octanol–water partition coefficient (Wildman–Crippen LogP) is 3.77. The molecule has 0 aliphatic carbocycles. The van der Waals surface area contributed by atoms with Crippen molar-refractivity contribution in [1.82, 2.24) is 0 Å². The van der Waals surface area contributed by atoms with Crippen LogP contribution in [0, 0.1) is 12.7 Å². The van der Waals surface area contributed by atoms with Crippen molar-refractivity contribution in [2.45, 2.75) is 13.5 Å². The lowest BCUT2D eigenvalue weighted by atomic mass is 10.1. The standard InChI is InChI=1S/C17H20FNO2/c1-13-6-7-15(18)10-14(13)12-19-16-4-3-5-17(11-16)21-9-8-20-2/h3-7,10-11,19H,8-9,12H2,1-2H3. The molecule has 0 aliphatic heterocycles. The van der Waals surface area contributed by atoms with Crippen molar-refractivity contribution in [2.24, 2.45) is 0 Å². The van der Waals surface area contributed by atoms with Gasteiger partial charge in [0, 0.05) is 25.4 Å². The van der Waals surface area contributed by atoms with Crippen LogP contribution in [0.25, 0.3) is 0 Å². The Morgan fingerprint density at radius 1 is 1.10 bits per heavy atom. The molecule has 0 heterocycles. The summed E-state index contributed by atoms with van der Waals surface area (Å²) < 4.78 is 23.8. The first-order chi connectivity index (χ1) is 10.2. The molecular weight excluding hydrogens is 269 g/mol. The number of halogens is 1. The fraction of sp³-hybridized carbons (Fsp3) is 0.294. The third kappa shape index (κ3) is 4.76. The molecule has 21 heavy (non-hydrogen) atoms. The van der Waals surface area contributed by atoms with Gasteiger partial charge in [0.2, 0.25) is 0 Å². The first-order valence-electron chi connectivity index (χ1n) is 6.90. The number of methoxy groups -OCH3 is 1. The fourth-order valence-corrected chi connectivity index (χ4v) is 1.97. The smallest absolute Gasteiger partial charge is 0.123 e. The van der Waals surface area contributed by atoms with Crippen LogP contribution in [0.4, 0.5) is 10.1 Å². The molecule has 0 radical (unpaired) electrons. The van der Waals surface area contributed by atoms with Crippen molar-refractivity contribution in [3.8, 4) is 5.75 Å². The van der Waals surface area contributed by atoms with Gasteiger partial charge in [0.25, 0.3) is 0 Å². The second-order valence-corrected chi connectivity index (χ2v) is 4.79. The van der Waals surface area contributed by atoms with Gasteiger partial charge in [-0.05, 0) is 42.3 Å². The average molecular weight is 289 g/mol. The number of anilines is 1. The van der Waals surface area contributed by atoms with Crippen LogP contribution >= 0.6 is 0 Å². The van der Waals surface area contributed by atoms with Crippen molar-refractivity contribution < 1.29 is 13.9 Å². The molecule has 0 aliphatic rings. The number of ether oxygens (including phenoxy) is 2. The third-order valence-corrected chi connectivity index (χ3v) is 3.18. The monoisotopic (exact) mass is 289 g/mol. The summed E-state index contributed by atoms with van der Waals surface area (Å²) in [5, 5.41) is 3.28. The third-order valence-electron chi connectivity index (χ3n) is 3.18. The Labute approximate surface area is 124 Å². The van der Waals surface area contributed by atoms with E-state index >= 15 is 0 Å². The zero-order chi connectivity index (χ0) is 15.1. The highest BCUT2D eigenvalue weighted by atomic mass is 19.1. The molecule has 2 aromatic carbocycles. The maximum absolute atomic E-state index is 13.3. The second-order valence-electron chi connectivity index (χ2n) is 4.79. The van der Waals surface area contributed by atoms with E-state index in [-0.39, 0.29) is 5.82 Å². The molecule has 112 valence electrons. The molecule has 4 heteroatoms. The number of nitrogens with one attached hydrogen (secondary N) is 1.